The Morgan fingerprint density at radius 2 is 1.32 bits per heavy atom. The van der Waals surface area contributed by atoms with Gasteiger partial charge in [0.15, 0.2) is 29.9 Å². The highest BCUT2D eigenvalue weighted by Gasteiger charge is 2.52. The number of hydrogen-bond acceptors (Lipinski definition) is 11. The van der Waals surface area contributed by atoms with E-state index in [1.165, 1.54) is 6.33 Å². The summed E-state index contributed by atoms with van der Waals surface area (Å²) < 4.78 is 24.6. The topological polar surface area (TPSA) is 178 Å². The number of hydrogen-bond donors (Lipinski definition) is 2. The molecule has 3 N–H and O–H groups in total. The van der Waals surface area contributed by atoms with Gasteiger partial charge in [0.1, 0.15) is 18.2 Å². The number of carbonyl (C=O) groups excluding carboxylic acids is 3. The number of nitrogens with one attached hydrogen (secondary N) is 1. The fourth-order valence-corrected chi connectivity index (χ4v) is 4.86. The van der Waals surface area contributed by atoms with Crippen LogP contribution in [0.4, 0.5) is 5.82 Å². The van der Waals surface area contributed by atoms with Crippen LogP contribution >= 0.6 is 0 Å². The third-order valence-electron chi connectivity index (χ3n) is 6.96. The molecule has 6 rings (SSSR count). The molecule has 13 heteroatoms. The fraction of sp³-hybridized carbons (Fsp3) is 0.161. The molecule has 0 radical (unpaired) electrons. The molecule has 0 spiro atoms. The van der Waals surface area contributed by atoms with Crippen LogP contribution in [0.2, 0.25) is 0 Å². The maximum atomic E-state index is 13.3. The first-order chi connectivity index (χ1) is 21.4. The fourth-order valence-electron chi connectivity index (χ4n) is 4.86. The molecule has 0 saturated carbocycles. The van der Waals surface area contributed by atoms with Crippen molar-refractivity contribution < 1.29 is 33.3 Å². The highest BCUT2D eigenvalue weighted by Crippen LogP contribution is 2.36. The van der Waals surface area contributed by atoms with Gasteiger partial charge in [-0.2, -0.15) is 4.98 Å². The Bertz CT molecular complexity index is 1860. The molecular weight excluding hydrogens is 570 g/mol. The van der Waals surface area contributed by atoms with Crippen LogP contribution in [0.3, 0.4) is 0 Å². The quantitative estimate of drug-likeness (QED) is 0.199. The zero-order valence-electron chi connectivity index (χ0n) is 22.9. The lowest BCUT2D eigenvalue weighted by Crippen LogP contribution is -2.42. The Hall–Kier alpha value is -5.82. The van der Waals surface area contributed by atoms with E-state index in [2.05, 4.69) is 15.0 Å². The third kappa shape index (κ3) is 5.63. The van der Waals surface area contributed by atoms with E-state index in [1.807, 2.05) is 0 Å². The van der Waals surface area contributed by atoms with Crippen molar-refractivity contribution in [3.05, 3.63) is 124 Å². The number of aromatic nitrogens is 4. The second-order valence-electron chi connectivity index (χ2n) is 9.75. The van der Waals surface area contributed by atoms with Crippen molar-refractivity contribution in [1.82, 2.24) is 19.5 Å². The van der Waals surface area contributed by atoms with E-state index in [0.29, 0.717) is 0 Å². The normalized spacial score (nSPS) is 19.4. The standard InChI is InChI=1S/C31H25N5O8/c32-25-22-26(34-17-33-22)36(31(40)35-25)27-24(44-30(39)20-14-8-3-9-15-20)23(43-29(38)19-12-6-2-7-13-19)21(42-27)16-41-28(37)18-10-4-1-5-11-18/h1-15,17,21,23-24,27H,16H2,(H,33,34)(H2,32,35,40)/t21-,23-,24-,27?/m1/s1. The van der Waals surface area contributed by atoms with Crippen LogP contribution in [-0.4, -0.2) is 62.3 Å². The Morgan fingerprint density at radius 3 is 1.89 bits per heavy atom. The molecule has 1 aliphatic rings. The van der Waals surface area contributed by atoms with Gasteiger partial charge in [0.05, 0.1) is 23.0 Å². The van der Waals surface area contributed by atoms with Gasteiger partial charge in [0.2, 0.25) is 0 Å². The Kier molecular flexibility index (Phi) is 7.84. The SMILES string of the molecule is Nc1nc(=O)n(C2O[C@H](COC(=O)c3ccccc3)[C@@H](OC(=O)c3ccccc3)[C@H]2OC(=O)c2ccccc2)c2nc[nH]c12. The zero-order valence-corrected chi connectivity index (χ0v) is 22.9. The number of nitrogens with two attached hydrogens (primary N) is 1. The maximum Gasteiger partial charge on any atom is 0.353 e. The van der Waals surface area contributed by atoms with Gasteiger partial charge < -0.3 is 29.7 Å². The van der Waals surface area contributed by atoms with Crippen molar-refractivity contribution in [1.29, 1.82) is 0 Å². The number of aromatic amines is 1. The van der Waals surface area contributed by atoms with E-state index < -0.39 is 54.7 Å². The second kappa shape index (κ2) is 12.2. The van der Waals surface area contributed by atoms with Gasteiger partial charge in [-0.05, 0) is 36.4 Å². The van der Waals surface area contributed by atoms with Gasteiger partial charge in [-0.25, -0.2) is 28.7 Å². The van der Waals surface area contributed by atoms with E-state index in [9.17, 15) is 19.2 Å². The van der Waals surface area contributed by atoms with Crippen molar-refractivity contribution in [2.24, 2.45) is 0 Å². The van der Waals surface area contributed by atoms with Crippen LogP contribution in [0.25, 0.3) is 11.2 Å². The molecule has 44 heavy (non-hydrogen) atoms. The van der Waals surface area contributed by atoms with E-state index in [1.54, 1.807) is 91.0 Å². The van der Waals surface area contributed by atoms with Crippen LogP contribution in [0, 0.1) is 0 Å². The number of H-pyrrole nitrogens is 1. The largest absolute Gasteiger partial charge is 0.459 e. The van der Waals surface area contributed by atoms with Crippen molar-refractivity contribution in [2.75, 3.05) is 12.3 Å². The summed E-state index contributed by atoms with van der Waals surface area (Å²) in [6, 6.07) is 24.5. The molecule has 4 atom stereocenters. The predicted octanol–water partition coefficient (Wildman–Crippen LogP) is 2.91. The summed E-state index contributed by atoms with van der Waals surface area (Å²) in [7, 11) is 0. The number of esters is 3. The van der Waals surface area contributed by atoms with Crippen LogP contribution in [0.5, 0.6) is 0 Å². The first-order valence-corrected chi connectivity index (χ1v) is 13.5. The van der Waals surface area contributed by atoms with Crippen molar-refractivity contribution in [2.45, 2.75) is 24.5 Å². The third-order valence-corrected chi connectivity index (χ3v) is 6.96. The molecule has 0 aliphatic carbocycles. The van der Waals surface area contributed by atoms with Crippen LogP contribution in [-0.2, 0) is 18.9 Å². The van der Waals surface area contributed by atoms with E-state index in [0.717, 1.165) is 4.57 Å². The van der Waals surface area contributed by atoms with Crippen molar-refractivity contribution in [3.8, 4) is 0 Å². The van der Waals surface area contributed by atoms with Gasteiger partial charge in [-0.1, -0.05) is 54.6 Å². The summed E-state index contributed by atoms with van der Waals surface area (Å²) in [6.45, 7) is -0.419. The first kappa shape index (κ1) is 28.3. The number of imidazole rings is 1. The Labute approximate surface area is 249 Å². The Morgan fingerprint density at radius 1 is 0.795 bits per heavy atom. The average molecular weight is 596 g/mol. The Balaban J connectivity index is 1.41. The molecule has 1 saturated heterocycles. The molecule has 1 unspecified atom stereocenters. The van der Waals surface area contributed by atoms with Gasteiger partial charge in [0, 0.05) is 0 Å². The number of anilines is 1. The number of nitrogen functional groups attached to an aromatic ring is 1. The lowest BCUT2D eigenvalue weighted by molar-refractivity contribution is -0.0622. The average Bonchev–Trinajstić information content (AvgIpc) is 3.67. The van der Waals surface area contributed by atoms with E-state index >= 15 is 0 Å². The minimum atomic E-state index is -1.42. The molecule has 1 aliphatic heterocycles. The number of fused-ring (bicyclic) bond motifs is 1. The highest BCUT2D eigenvalue weighted by atomic mass is 16.7. The molecule has 3 heterocycles. The molecule has 5 aromatic rings. The van der Waals surface area contributed by atoms with Crippen molar-refractivity contribution in [3.63, 3.8) is 0 Å². The van der Waals surface area contributed by atoms with E-state index in [-0.39, 0.29) is 33.7 Å². The summed E-state index contributed by atoms with van der Waals surface area (Å²) >= 11 is 0. The smallest absolute Gasteiger partial charge is 0.353 e. The highest BCUT2D eigenvalue weighted by molar-refractivity contribution is 5.91. The van der Waals surface area contributed by atoms with E-state index in [4.69, 9.17) is 24.7 Å². The number of carbonyl (C=O) groups is 3. The lowest BCUT2D eigenvalue weighted by atomic mass is 10.1. The monoisotopic (exact) mass is 595 g/mol. The van der Waals surface area contributed by atoms with Crippen LogP contribution in [0.15, 0.2) is 102 Å². The van der Waals surface area contributed by atoms with Gasteiger partial charge in [-0.3, -0.25) is 0 Å². The minimum absolute atomic E-state index is 0.0586. The number of rotatable bonds is 8. The van der Waals surface area contributed by atoms with Gasteiger partial charge in [0.25, 0.3) is 0 Å². The molecule has 0 amide bonds. The molecule has 2 aromatic heterocycles. The van der Waals surface area contributed by atoms with Gasteiger partial charge in [-0.15, -0.1) is 0 Å². The summed E-state index contributed by atoms with van der Waals surface area (Å²) in [5.41, 5.74) is 6.06. The predicted molar refractivity (Wildman–Crippen MR) is 154 cm³/mol. The molecule has 3 aromatic carbocycles. The zero-order chi connectivity index (χ0) is 30.6. The molecule has 0 bridgehead atoms. The first-order valence-electron chi connectivity index (χ1n) is 13.5. The summed E-state index contributed by atoms with van der Waals surface area (Å²) in [5, 5.41) is 0. The maximum absolute atomic E-state index is 13.3. The molecule has 1 fully saturated rings. The van der Waals surface area contributed by atoms with Crippen LogP contribution in [0.1, 0.15) is 37.3 Å². The number of nitrogens with zero attached hydrogens (tertiary/aromatic N) is 3. The van der Waals surface area contributed by atoms with Gasteiger partial charge >= 0.3 is 23.6 Å². The molecule has 222 valence electrons. The summed E-state index contributed by atoms with van der Waals surface area (Å²) in [4.78, 5) is 63.6. The molecular formula is C31H25N5O8. The minimum Gasteiger partial charge on any atom is -0.459 e. The summed E-state index contributed by atoms with van der Waals surface area (Å²) in [6.07, 6.45) is -4.05. The molecule has 13 nitrogen and oxygen atoms in total. The number of benzene rings is 3. The van der Waals surface area contributed by atoms with Crippen molar-refractivity contribution >= 4 is 34.9 Å². The number of ether oxygens (including phenoxy) is 4. The summed E-state index contributed by atoms with van der Waals surface area (Å²) in [5.74, 6) is -2.30. The van der Waals surface area contributed by atoms with Crippen LogP contribution < -0.4 is 11.4 Å². The lowest BCUT2D eigenvalue weighted by Gasteiger charge is -2.25. The second-order valence-corrected chi connectivity index (χ2v) is 9.75.